The zero-order valence-corrected chi connectivity index (χ0v) is 9.00. The molecule has 90 valence electrons. The van der Waals surface area contributed by atoms with E-state index in [4.69, 9.17) is 10.5 Å². The Kier molecular flexibility index (Phi) is 2.97. The minimum Gasteiger partial charge on any atom is -0.463 e. The first-order chi connectivity index (χ1) is 8.10. The molecule has 1 unspecified atom stereocenters. The minimum absolute atomic E-state index is 0.0874. The van der Waals surface area contributed by atoms with E-state index in [1.165, 1.54) is 11.0 Å². The SMILES string of the molecule is NC(=O)c1ccc2c(c1)OC(O)CN(C=O)C2. The average Bonchev–Trinajstić information content (AvgIpc) is 2.45. The molecule has 2 amide bonds. The Morgan fingerprint density at radius 2 is 2.35 bits per heavy atom. The molecule has 1 aromatic carbocycles. The molecule has 3 N–H and O–H groups in total. The Morgan fingerprint density at radius 1 is 1.59 bits per heavy atom. The summed E-state index contributed by atoms with van der Waals surface area (Å²) < 4.78 is 5.23. The van der Waals surface area contributed by atoms with Crippen LogP contribution in [0.4, 0.5) is 0 Å². The molecule has 1 aromatic rings. The van der Waals surface area contributed by atoms with E-state index < -0.39 is 12.2 Å². The number of fused-ring (bicyclic) bond motifs is 1. The van der Waals surface area contributed by atoms with Crippen molar-refractivity contribution >= 4 is 12.3 Å². The Morgan fingerprint density at radius 3 is 3.00 bits per heavy atom. The number of rotatable bonds is 2. The summed E-state index contributed by atoms with van der Waals surface area (Å²) >= 11 is 0. The van der Waals surface area contributed by atoms with E-state index in [1.54, 1.807) is 12.1 Å². The molecule has 0 bridgehead atoms. The number of nitrogens with two attached hydrogens (primary N) is 1. The van der Waals surface area contributed by atoms with Crippen LogP contribution in [0.5, 0.6) is 5.75 Å². The zero-order chi connectivity index (χ0) is 12.4. The summed E-state index contributed by atoms with van der Waals surface area (Å²) in [6.07, 6.45) is -0.464. The van der Waals surface area contributed by atoms with Crippen LogP contribution in [0.15, 0.2) is 18.2 Å². The molecular weight excluding hydrogens is 224 g/mol. The van der Waals surface area contributed by atoms with Gasteiger partial charge >= 0.3 is 0 Å². The molecule has 2 rings (SSSR count). The first kappa shape index (κ1) is 11.4. The number of hydrogen-bond donors (Lipinski definition) is 2. The van der Waals surface area contributed by atoms with Crippen molar-refractivity contribution in [3.8, 4) is 5.75 Å². The number of hydrogen-bond acceptors (Lipinski definition) is 4. The molecule has 0 radical (unpaired) electrons. The van der Waals surface area contributed by atoms with Crippen LogP contribution >= 0.6 is 0 Å². The number of carbonyl (C=O) groups excluding carboxylic acids is 2. The van der Waals surface area contributed by atoms with E-state index in [-0.39, 0.29) is 6.54 Å². The van der Waals surface area contributed by atoms with Gasteiger partial charge in [0, 0.05) is 17.7 Å². The number of primary amides is 1. The number of aliphatic hydroxyl groups is 1. The van der Waals surface area contributed by atoms with Gasteiger partial charge in [-0.15, -0.1) is 0 Å². The Hall–Kier alpha value is -2.08. The summed E-state index contributed by atoms with van der Waals surface area (Å²) in [4.78, 5) is 23.1. The molecule has 1 heterocycles. The molecule has 1 aliphatic rings. The molecule has 6 nitrogen and oxygen atoms in total. The first-order valence-corrected chi connectivity index (χ1v) is 5.07. The Bertz CT molecular complexity index is 461. The maximum absolute atomic E-state index is 11.0. The van der Waals surface area contributed by atoms with Crippen LogP contribution in [-0.2, 0) is 11.3 Å². The van der Waals surface area contributed by atoms with Gasteiger partial charge in [-0.3, -0.25) is 9.59 Å². The molecule has 0 aromatic heterocycles. The number of benzene rings is 1. The van der Waals surface area contributed by atoms with Crippen molar-refractivity contribution in [2.45, 2.75) is 12.8 Å². The monoisotopic (exact) mass is 236 g/mol. The number of β-amino-alcohol motifs (C(OH)–C–C–N with tert-alkyl or cyclic N) is 1. The van der Waals surface area contributed by atoms with Crippen LogP contribution in [0.2, 0.25) is 0 Å². The van der Waals surface area contributed by atoms with E-state index in [0.29, 0.717) is 24.3 Å². The van der Waals surface area contributed by atoms with Crippen LogP contribution in [0.25, 0.3) is 0 Å². The molecule has 1 aliphatic heterocycles. The Labute approximate surface area is 97.6 Å². The lowest BCUT2D eigenvalue weighted by molar-refractivity contribution is -0.122. The third-order valence-electron chi connectivity index (χ3n) is 2.53. The predicted molar refractivity (Wildman–Crippen MR) is 58.1 cm³/mol. The standard InChI is InChI=1S/C11H12N2O4/c12-11(16)7-1-2-8-4-13(6-14)5-10(15)17-9(8)3-7/h1-3,6,10,15H,4-5H2,(H2,12,16). The Balaban J connectivity index is 2.38. The second kappa shape index (κ2) is 4.42. The fraction of sp³-hybridized carbons (Fsp3) is 0.273. The summed E-state index contributed by atoms with van der Waals surface area (Å²) in [5.74, 6) is -0.194. The van der Waals surface area contributed by atoms with Gasteiger partial charge in [-0.2, -0.15) is 0 Å². The number of ether oxygens (including phenoxy) is 1. The third kappa shape index (κ3) is 2.36. The average molecular weight is 236 g/mol. The van der Waals surface area contributed by atoms with Gasteiger partial charge < -0.3 is 20.5 Å². The number of amides is 2. The topological polar surface area (TPSA) is 92.9 Å². The van der Waals surface area contributed by atoms with Crippen molar-refractivity contribution in [2.24, 2.45) is 5.73 Å². The van der Waals surface area contributed by atoms with Crippen molar-refractivity contribution in [3.05, 3.63) is 29.3 Å². The zero-order valence-electron chi connectivity index (χ0n) is 9.00. The van der Waals surface area contributed by atoms with Crippen molar-refractivity contribution < 1.29 is 19.4 Å². The molecular formula is C11H12N2O4. The van der Waals surface area contributed by atoms with Crippen molar-refractivity contribution in [1.82, 2.24) is 4.90 Å². The lowest BCUT2D eigenvalue weighted by atomic mass is 10.1. The molecule has 0 fully saturated rings. The van der Waals surface area contributed by atoms with E-state index in [1.807, 2.05) is 0 Å². The van der Waals surface area contributed by atoms with Crippen molar-refractivity contribution in [2.75, 3.05) is 6.54 Å². The lowest BCUT2D eigenvalue weighted by Gasteiger charge is -2.15. The highest BCUT2D eigenvalue weighted by molar-refractivity contribution is 5.93. The highest BCUT2D eigenvalue weighted by atomic mass is 16.6. The van der Waals surface area contributed by atoms with Crippen molar-refractivity contribution in [3.63, 3.8) is 0 Å². The quantitative estimate of drug-likeness (QED) is 0.674. The third-order valence-corrected chi connectivity index (χ3v) is 2.53. The maximum atomic E-state index is 11.0. The van der Waals surface area contributed by atoms with Crippen LogP contribution in [0.1, 0.15) is 15.9 Å². The molecule has 17 heavy (non-hydrogen) atoms. The van der Waals surface area contributed by atoms with Crippen LogP contribution in [0, 0.1) is 0 Å². The van der Waals surface area contributed by atoms with Gasteiger partial charge in [-0.05, 0) is 12.1 Å². The van der Waals surface area contributed by atoms with Gasteiger partial charge in [-0.25, -0.2) is 0 Å². The molecule has 6 heteroatoms. The largest absolute Gasteiger partial charge is 0.463 e. The fourth-order valence-electron chi connectivity index (χ4n) is 1.70. The number of aliphatic hydroxyl groups excluding tert-OH is 1. The highest BCUT2D eigenvalue weighted by Crippen LogP contribution is 2.25. The normalized spacial score (nSPS) is 18.9. The van der Waals surface area contributed by atoms with Crippen molar-refractivity contribution in [1.29, 1.82) is 0 Å². The van der Waals surface area contributed by atoms with E-state index in [2.05, 4.69) is 0 Å². The van der Waals surface area contributed by atoms with Gasteiger partial charge in [0.05, 0.1) is 6.54 Å². The number of carbonyl (C=O) groups is 2. The molecule has 0 aliphatic carbocycles. The molecule has 1 atom stereocenters. The van der Waals surface area contributed by atoms with E-state index in [9.17, 15) is 14.7 Å². The van der Waals surface area contributed by atoms with E-state index >= 15 is 0 Å². The lowest BCUT2D eigenvalue weighted by Crippen LogP contribution is -2.31. The maximum Gasteiger partial charge on any atom is 0.248 e. The second-order valence-electron chi connectivity index (χ2n) is 3.79. The second-order valence-corrected chi connectivity index (χ2v) is 3.79. The molecule has 0 saturated carbocycles. The fourth-order valence-corrected chi connectivity index (χ4v) is 1.70. The minimum atomic E-state index is -1.11. The first-order valence-electron chi connectivity index (χ1n) is 5.07. The summed E-state index contributed by atoms with van der Waals surface area (Å²) in [5.41, 5.74) is 6.17. The summed E-state index contributed by atoms with van der Waals surface area (Å²) in [6, 6.07) is 4.68. The van der Waals surface area contributed by atoms with Gasteiger partial charge in [0.15, 0.2) is 0 Å². The predicted octanol–water partition coefficient (Wildman–Crippen LogP) is -0.545. The summed E-state index contributed by atoms with van der Waals surface area (Å²) in [7, 11) is 0. The summed E-state index contributed by atoms with van der Waals surface area (Å²) in [6.45, 7) is 0.416. The van der Waals surface area contributed by atoms with Gasteiger partial charge in [0.1, 0.15) is 5.75 Å². The van der Waals surface area contributed by atoms with Crippen LogP contribution in [-0.4, -0.2) is 35.2 Å². The number of nitrogens with zero attached hydrogens (tertiary/aromatic N) is 1. The van der Waals surface area contributed by atoms with Gasteiger partial charge in [0.25, 0.3) is 0 Å². The smallest absolute Gasteiger partial charge is 0.248 e. The molecule has 0 spiro atoms. The summed E-state index contributed by atoms with van der Waals surface area (Å²) in [5, 5.41) is 9.53. The van der Waals surface area contributed by atoms with Gasteiger partial charge in [0.2, 0.25) is 18.6 Å². The van der Waals surface area contributed by atoms with Crippen LogP contribution in [0.3, 0.4) is 0 Å². The molecule has 0 saturated heterocycles. The highest BCUT2D eigenvalue weighted by Gasteiger charge is 2.20. The van der Waals surface area contributed by atoms with Crippen LogP contribution < -0.4 is 10.5 Å². The van der Waals surface area contributed by atoms with Gasteiger partial charge in [-0.1, -0.05) is 6.07 Å². The van der Waals surface area contributed by atoms with E-state index in [0.717, 1.165) is 5.56 Å².